The Bertz CT molecular complexity index is 835. The molecular weight excluding hydrogens is 376 g/mol. The van der Waals surface area contributed by atoms with Crippen molar-refractivity contribution in [2.75, 3.05) is 6.61 Å². The number of carbonyl (C=O) groups excluding carboxylic acids is 3. The lowest BCUT2D eigenvalue weighted by atomic mass is 10.1. The number of benzene rings is 2. The van der Waals surface area contributed by atoms with Crippen LogP contribution in [0.1, 0.15) is 40.5 Å². The van der Waals surface area contributed by atoms with Crippen LogP contribution in [-0.4, -0.2) is 43.0 Å². The zero-order valence-electron chi connectivity index (χ0n) is 16.0. The summed E-state index contributed by atoms with van der Waals surface area (Å²) >= 11 is 0. The summed E-state index contributed by atoms with van der Waals surface area (Å²) in [5, 5.41) is 0. The maximum absolute atomic E-state index is 12.3. The van der Waals surface area contributed by atoms with E-state index < -0.39 is 36.4 Å². The van der Waals surface area contributed by atoms with Crippen molar-refractivity contribution in [2.24, 2.45) is 0 Å². The highest BCUT2D eigenvalue weighted by Crippen LogP contribution is 2.25. The lowest BCUT2D eigenvalue weighted by Gasteiger charge is -2.34. The van der Waals surface area contributed by atoms with Crippen LogP contribution >= 0.6 is 0 Å². The Morgan fingerprint density at radius 3 is 2.03 bits per heavy atom. The van der Waals surface area contributed by atoms with E-state index in [-0.39, 0.29) is 6.61 Å². The third kappa shape index (κ3) is 5.89. The summed E-state index contributed by atoms with van der Waals surface area (Å²) in [5.74, 6) is -1.54. The second-order valence-corrected chi connectivity index (χ2v) is 6.59. The Morgan fingerprint density at radius 2 is 1.45 bits per heavy atom. The van der Waals surface area contributed by atoms with Crippen molar-refractivity contribution >= 4 is 17.9 Å². The van der Waals surface area contributed by atoms with Crippen LogP contribution in [0, 0.1) is 0 Å². The van der Waals surface area contributed by atoms with Crippen LogP contribution in [0.4, 0.5) is 0 Å². The van der Waals surface area contributed by atoms with Crippen LogP contribution < -0.4 is 0 Å². The summed E-state index contributed by atoms with van der Waals surface area (Å²) in [6.45, 7) is 1.25. The summed E-state index contributed by atoms with van der Waals surface area (Å²) in [4.78, 5) is 35.8. The predicted octanol–water partition coefficient (Wildman–Crippen LogP) is 3.14. The normalized spacial score (nSPS) is 21.1. The summed E-state index contributed by atoms with van der Waals surface area (Å²) < 4.78 is 21.7. The Balaban J connectivity index is 1.57. The molecule has 1 fully saturated rings. The van der Waals surface area contributed by atoms with Crippen LogP contribution in [0.25, 0.3) is 0 Å². The van der Waals surface area contributed by atoms with Gasteiger partial charge in [-0.3, -0.25) is 4.79 Å². The molecule has 3 atom stereocenters. The molecule has 0 aliphatic carbocycles. The van der Waals surface area contributed by atoms with Gasteiger partial charge in [0.05, 0.1) is 17.2 Å². The first-order chi connectivity index (χ1) is 14.0. The van der Waals surface area contributed by atoms with Crippen LogP contribution in [0.15, 0.2) is 60.7 Å². The highest BCUT2D eigenvalue weighted by atomic mass is 16.7. The molecule has 152 valence electrons. The Labute approximate surface area is 168 Å². The van der Waals surface area contributed by atoms with Crippen molar-refractivity contribution in [3.8, 4) is 0 Å². The number of hydrogen-bond acceptors (Lipinski definition) is 7. The lowest BCUT2D eigenvalue weighted by molar-refractivity contribution is -0.238. The Hall–Kier alpha value is -3.19. The molecule has 0 saturated carbocycles. The van der Waals surface area contributed by atoms with Gasteiger partial charge >= 0.3 is 17.9 Å². The number of ether oxygens (including phenoxy) is 4. The van der Waals surface area contributed by atoms with E-state index in [0.717, 1.165) is 0 Å². The van der Waals surface area contributed by atoms with E-state index in [4.69, 9.17) is 18.9 Å². The van der Waals surface area contributed by atoms with Crippen LogP contribution in [0.5, 0.6) is 0 Å². The fraction of sp³-hybridized carbons (Fsp3) is 0.318. The smallest absolute Gasteiger partial charge is 0.338 e. The molecule has 0 bridgehead atoms. The largest absolute Gasteiger partial charge is 0.459 e. The van der Waals surface area contributed by atoms with Crippen molar-refractivity contribution in [2.45, 2.75) is 38.3 Å². The summed E-state index contributed by atoms with van der Waals surface area (Å²) in [7, 11) is 0. The van der Waals surface area contributed by atoms with Gasteiger partial charge in [0.15, 0.2) is 6.10 Å². The minimum atomic E-state index is -1.06. The minimum Gasteiger partial charge on any atom is -0.459 e. The zero-order valence-corrected chi connectivity index (χ0v) is 16.0. The van der Waals surface area contributed by atoms with Gasteiger partial charge in [0, 0.05) is 6.92 Å². The van der Waals surface area contributed by atoms with E-state index in [9.17, 15) is 14.4 Å². The Morgan fingerprint density at radius 1 is 0.862 bits per heavy atom. The molecule has 3 rings (SSSR count). The van der Waals surface area contributed by atoms with Gasteiger partial charge in [-0.15, -0.1) is 0 Å². The van der Waals surface area contributed by atoms with E-state index in [1.54, 1.807) is 54.6 Å². The van der Waals surface area contributed by atoms with E-state index in [1.807, 2.05) is 6.07 Å². The number of hydrogen-bond donors (Lipinski definition) is 0. The van der Waals surface area contributed by atoms with Gasteiger partial charge in [0.25, 0.3) is 0 Å². The summed E-state index contributed by atoms with van der Waals surface area (Å²) in [5.41, 5.74) is 0.836. The molecule has 0 N–H and O–H groups in total. The minimum absolute atomic E-state index is 0.00481. The standard InChI is InChI=1S/C22H22O7/c1-15(23)27-22-19(29-21(25)17-10-6-3-7-11-17)13-12-18(28-22)14-26-20(24)16-8-4-2-5-9-16/h2-11,18-19,22H,12-14H2,1H3. The fourth-order valence-electron chi connectivity index (χ4n) is 2.94. The second kappa shape index (κ2) is 9.84. The Kier molecular flexibility index (Phi) is 6.97. The molecule has 7 heteroatoms. The molecule has 2 aromatic carbocycles. The van der Waals surface area contributed by atoms with Crippen LogP contribution in [0.3, 0.4) is 0 Å². The average Bonchev–Trinajstić information content (AvgIpc) is 2.74. The van der Waals surface area contributed by atoms with Gasteiger partial charge in [-0.05, 0) is 37.1 Å². The van der Waals surface area contributed by atoms with Crippen LogP contribution in [-0.2, 0) is 23.7 Å². The third-order valence-electron chi connectivity index (χ3n) is 4.36. The molecule has 0 spiro atoms. The summed E-state index contributed by atoms with van der Waals surface area (Å²) in [6.07, 6.45) is -1.39. The highest BCUT2D eigenvalue weighted by molar-refractivity contribution is 5.89. The van der Waals surface area contributed by atoms with Gasteiger partial charge in [-0.2, -0.15) is 0 Å². The molecule has 0 aromatic heterocycles. The monoisotopic (exact) mass is 398 g/mol. The van der Waals surface area contributed by atoms with Crippen molar-refractivity contribution in [1.82, 2.24) is 0 Å². The maximum Gasteiger partial charge on any atom is 0.338 e. The molecule has 2 aromatic rings. The van der Waals surface area contributed by atoms with Crippen molar-refractivity contribution in [3.05, 3.63) is 71.8 Å². The fourth-order valence-corrected chi connectivity index (χ4v) is 2.94. The molecule has 1 heterocycles. The van der Waals surface area contributed by atoms with Gasteiger partial charge < -0.3 is 18.9 Å². The van der Waals surface area contributed by atoms with E-state index in [2.05, 4.69) is 0 Å². The van der Waals surface area contributed by atoms with Crippen molar-refractivity contribution in [3.63, 3.8) is 0 Å². The van der Waals surface area contributed by atoms with E-state index in [0.29, 0.717) is 24.0 Å². The van der Waals surface area contributed by atoms with Crippen molar-refractivity contribution in [1.29, 1.82) is 0 Å². The third-order valence-corrected chi connectivity index (χ3v) is 4.36. The average molecular weight is 398 g/mol. The molecule has 1 saturated heterocycles. The molecule has 1 aliphatic rings. The van der Waals surface area contributed by atoms with Gasteiger partial charge in [-0.25, -0.2) is 9.59 Å². The highest BCUT2D eigenvalue weighted by Gasteiger charge is 2.37. The first-order valence-corrected chi connectivity index (χ1v) is 9.34. The SMILES string of the molecule is CC(=O)OC1OC(COC(=O)c2ccccc2)CCC1OC(=O)c1ccccc1. The zero-order chi connectivity index (χ0) is 20.6. The maximum atomic E-state index is 12.3. The lowest BCUT2D eigenvalue weighted by Crippen LogP contribution is -2.45. The molecule has 0 radical (unpaired) electrons. The molecule has 3 unspecified atom stereocenters. The molecule has 29 heavy (non-hydrogen) atoms. The van der Waals surface area contributed by atoms with E-state index >= 15 is 0 Å². The molecular formula is C22H22O7. The molecule has 7 nitrogen and oxygen atoms in total. The van der Waals surface area contributed by atoms with Crippen LogP contribution in [0.2, 0.25) is 0 Å². The summed E-state index contributed by atoms with van der Waals surface area (Å²) in [6, 6.07) is 17.1. The second-order valence-electron chi connectivity index (χ2n) is 6.59. The number of carbonyl (C=O) groups is 3. The number of rotatable bonds is 6. The molecule has 1 aliphatic heterocycles. The van der Waals surface area contributed by atoms with Gasteiger partial charge in [0.1, 0.15) is 6.61 Å². The van der Waals surface area contributed by atoms with E-state index in [1.165, 1.54) is 6.92 Å². The first kappa shape index (κ1) is 20.5. The van der Waals surface area contributed by atoms with Gasteiger partial charge in [0.2, 0.25) is 6.29 Å². The topological polar surface area (TPSA) is 88.1 Å². The number of esters is 3. The van der Waals surface area contributed by atoms with Crippen molar-refractivity contribution < 1.29 is 33.3 Å². The first-order valence-electron chi connectivity index (χ1n) is 9.34. The quantitative estimate of drug-likeness (QED) is 0.546. The molecule has 0 amide bonds. The predicted molar refractivity (Wildman–Crippen MR) is 102 cm³/mol. The van der Waals surface area contributed by atoms with Gasteiger partial charge in [-0.1, -0.05) is 36.4 Å².